The van der Waals surface area contributed by atoms with Crippen LogP contribution in [0.5, 0.6) is 0 Å². The van der Waals surface area contributed by atoms with Crippen molar-refractivity contribution in [2.45, 2.75) is 4.90 Å². The van der Waals surface area contributed by atoms with Crippen LogP contribution in [0.2, 0.25) is 5.02 Å². The monoisotopic (exact) mass is 425 g/mol. The fourth-order valence-electron chi connectivity index (χ4n) is 2.65. The van der Waals surface area contributed by atoms with Gasteiger partial charge in [-0.05, 0) is 24.3 Å². The Morgan fingerprint density at radius 2 is 1.89 bits per heavy atom. The molecule has 1 aliphatic rings. The minimum absolute atomic E-state index is 0.0202. The molecule has 1 fully saturated rings. The van der Waals surface area contributed by atoms with E-state index in [1.54, 1.807) is 0 Å². The summed E-state index contributed by atoms with van der Waals surface area (Å²) in [5, 5.41) is 13.5. The highest BCUT2D eigenvalue weighted by molar-refractivity contribution is 7.89. The molecular weight excluding hydrogens is 410 g/mol. The van der Waals surface area contributed by atoms with E-state index in [1.165, 1.54) is 40.7 Å². The van der Waals surface area contributed by atoms with E-state index < -0.39 is 20.9 Å². The van der Waals surface area contributed by atoms with Gasteiger partial charge in [0.2, 0.25) is 10.0 Å². The molecule has 0 unspecified atom stereocenters. The molecule has 28 heavy (non-hydrogen) atoms. The fraction of sp³-hybridized carbons (Fsp3) is 0.235. The van der Waals surface area contributed by atoms with E-state index in [2.05, 4.69) is 5.32 Å². The van der Waals surface area contributed by atoms with Crippen molar-refractivity contribution in [3.8, 4) is 0 Å². The molecule has 2 aromatic rings. The summed E-state index contributed by atoms with van der Waals surface area (Å²) in [6.07, 6.45) is 0. The van der Waals surface area contributed by atoms with E-state index in [4.69, 9.17) is 16.3 Å². The topological polar surface area (TPSA) is 119 Å². The molecule has 1 saturated heterocycles. The number of halogens is 1. The van der Waals surface area contributed by atoms with E-state index >= 15 is 0 Å². The summed E-state index contributed by atoms with van der Waals surface area (Å²) in [5.74, 6) is -0.647. The number of non-ortho nitro benzene ring substituents is 1. The lowest BCUT2D eigenvalue weighted by atomic mass is 10.2. The Balaban J connectivity index is 1.86. The fourth-order valence-corrected chi connectivity index (χ4v) is 4.25. The van der Waals surface area contributed by atoms with Gasteiger partial charge in [-0.15, -0.1) is 0 Å². The van der Waals surface area contributed by atoms with Gasteiger partial charge in [0.05, 0.1) is 33.7 Å². The number of ether oxygens (including phenoxy) is 1. The number of morpholine rings is 1. The lowest BCUT2D eigenvalue weighted by Crippen LogP contribution is -2.40. The summed E-state index contributed by atoms with van der Waals surface area (Å²) in [4.78, 5) is 22.7. The number of sulfonamides is 1. The van der Waals surface area contributed by atoms with Crippen molar-refractivity contribution >= 4 is 38.9 Å². The Morgan fingerprint density at radius 3 is 2.57 bits per heavy atom. The number of anilines is 1. The zero-order valence-corrected chi connectivity index (χ0v) is 16.1. The van der Waals surface area contributed by atoms with E-state index in [0.29, 0.717) is 13.2 Å². The van der Waals surface area contributed by atoms with Crippen LogP contribution in [0.15, 0.2) is 47.4 Å². The molecule has 148 valence electrons. The number of nitrogens with zero attached hydrogens (tertiary/aromatic N) is 2. The smallest absolute Gasteiger partial charge is 0.270 e. The van der Waals surface area contributed by atoms with Crippen LogP contribution < -0.4 is 5.32 Å². The Morgan fingerprint density at radius 1 is 1.18 bits per heavy atom. The highest BCUT2D eigenvalue weighted by Crippen LogP contribution is 2.28. The molecule has 0 radical (unpaired) electrons. The molecule has 0 atom stereocenters. The molecular formula is C17H16ClN3O6S. The SMILES string of the molecule is O=C(Nc1cc(S(=O)(=O)N2CCOCC2)ccc1Cl)c1cccc([N+](=O)[O-])c1. The summed E-state index contributed by atoms with van der Waals surface area (Å²) in [7, 11) is -3.77. The first-order chi connectivity index (χ1) is 13.3. The number of nitro groups is 1. The third kappa shape index (κ3) is 4.30. The molecule has 2 aromatic carbocycles. The van der Waals surface area contributed by atoms with Crippen molar-refractivity contribution in [1.29, 1.82) is 0 Å². The van der Waals surface area contributed by atoms with Gasteiger partial charge in [0.15, 0.2) is 0 Å². The average molecular weight is 426 g/mol. The first kappa shape index (κ1) is 20.2. The van der Waals surface area contributed by atoms with Crippen molar-refractivity contribution in [3.05, 3.63) is 63.2 Å². The molecule has 9 nitrogen and oxygen atoms in total. The maximum Gasteiger partial charge on any atom is 0.270 e. The second-order valence-electron chi connectivity index (χ2n) is 5.92. The lowest BCUT2D eigenvalue weighted by Gasteiger charge is -2.26. The van der Waals surface area contributed by atoms with Crippen molar-refractivity contribution in [2.24, 2.45) is 0 Å². The second-order valence-corrected chi connectivity index (χ2v) is 8.26. The molecule has 0 aliphatic carbocycles. The Hall–Kier alpha value is -2.53. The molecule has 0 bridgehead atoms. The van der Waals surface area contributed by atoms with Gasteiger partial charge in [-0.25, -0.2) is 8.42 Å². The predicted octanol–water partition coefficient (Wildman–Crippen LogP) is 2.52. The van der Waals surface area contributed by atoms with Crippen LogP contribution in [0.1, 0.15) is 10.4 Å². The van der Waals surface area contributed by atoms with E-state index in [0.717, 1.165) is 6.07 Å². The normalized spacial score (nSPS) is 15.2. The highest BCUT2D eigenvalue weighted by Gasteiger charge is 2.27. The van der Waals surface area contributed by atoms with Crippen LogP contribution in [-0.2, 0) is 14.8 Å². The standard InChI is InChI=1S/C17H16ClN3O6S/c18-15-5-4-14(28(25,26)20-6-8-27-9-7-20)11-16(15)19-17(22)12-2-1-3-13(10-12)21(23)24/h1-5,10-11H,6-9H2,(H,19,22). The highest BCUT2D eigenvalue weighted by atomic mass is 35.5. The first-order valence-electron chi connectivity index (χ1n) is 8.22. The predicted molar refractivity (Wildman–Crippen MR) is 102 cm³/mol. The molecule has 3 rings (SSSR count). The average Bonchev–Trinajstić information content (AvgIpc) is 2.70. The molecule has 1 N–H and O–H groups in total. The maximum atomic E-state index is 12.8. The van der Waals surface area contributed by atoms with Gasteiger partial charge >= 0.3 is 0 Å². The Bertz CT molecular complexity index is 1020. The third-order valence-electron chi connectivity index (χ3n) is 4.11. The zero-order valence-electron chi connectivity index (χ0n) is 14.5. The van der Waals surface area contributed by atoms with Gasteiger partial charge in [0.25, 0.3) is 11.6 Å². The van der Waals surface area contributed by atoms with Gasteiger partial charge in [-0.1, -0.05) is 17.7 Å². The molecule has 0 saturated carbocycles. The third-order valence-corrected chi connectivity index (χ3v) is 6.34. The Kier molecular flexibility index (Phi) is 5.94. The summed E-state index contributed by atoms with van der Waals surface area (Å²) < 4.78 is 32.0. The van der Waals surface area contributed by atoms with Gasteiger partial charge < -0.3 is 10.1 Å². The maximum absolute atomic E-state index is 12.8. The van der Waals surface area contributed by atoms with E-state index in [-0.39, 0.29) is 39.9 Å². The van der Waals surface area contributed by atoms with Crippen LogP contribution in [-0.4, -0.2) is 49.9 Å². The van der Waals surface area contributed by atoms with Crippen LogP contribution >= 0.6 is 11.6 Å². The molecule has 1 heterocycles. The molecule has 0 aromatic heterocycles. The first-order valence-corrected chi connectivity index (χ1v) is 10.0. The quantitative estimate of drug-likeness (QED) is 0.580. The number of benzene rings is 2. The molecule has 1 aliphatic heterocycles. The number of nitrogens with one attached hydrogen (secondary N) is 1. The molecule has 0 spiro atoms. The number of hydrogen-bond donors (Lipinski definition) is 1. The summed E-state index contributed by atoms with van der Waals surface area (Å²) in [6.45, 7) is 1.09. The number of hydrogen-bond acceptors (Lipinski definition) is 6. The van der Waals surface area contributed by atoms with Crippen LogP contribution in [0.4, 0.5) is 11.4 Å². The zero-order chi connectivity index (χ0) is 20.3. The minimum Gasteiger partial charge on any atom is -0.379 e. The van der Waals surface area contributed by atoms with Gasteiger partial charge in [-0.3, -0.25) is 14.9 Å². The van der Waals surface area contributed by atoms with Gasteiger partial charge in [-0.2, -0.15) is 4.31 Å². The number of amides is 1. The molecule has 1 amide bonds. The van der Waals surface area contributed by atoms with Crippen molar-refractivity contribution in [2.75, 3.05) is 31.6 Å². The summed E-state index contributed by atoms with van der Waals surface area (Å²) in [5.41, 5.74) is -0.0957. The van der Waals surface area contributed by atoms with Gasteiger partial charge in [0, 0.05) is 30.8 Å². The molecule has 11 heteroatoms. The van der Waals surface area contributed by atoms with Crippen LogP contribution in [0.3, 0.4) is 0 Å². The number of carbonyl (C=O) groups is 1. The van der Waals surface area contributed by atoms with Crippen LogP contribution in [0.25, 0.3) is 0 Å². The Labute approximate surface area is 166 Å². The largest absolute Gasteiger partial charge is 0.379 e. The van der Waals surface area contributed by atoms with Crippen LogP contribution in [0, 0.1) is 10.1 Å². The van der Waals surface area contributed by atoms with Crippen molar-refractivity contribution in [1.82, 2.24) is 4.31 Å². The van der Waals surface area contributed by atoms with Crippen molar-refractivity contribution < 1.29 is 22.9 Å². The van der Waals surface area contributed by atoms with E-state index in [1.807, 2.05) is 0 Å². The number of rotatable bonds is 5. The number of carbonyl (C=O) groups excluding carboxylic acids is 1. The second kappa shape index (κ2) is 8.23. The van der Waals surface area contributed by atoms with Gasteiger partial charge in [0.1, 0.15) is 0 Å². The summed E-state index contributed by atoms with van der Waals surface area (Å²) in [6, 6.07) is 9.17. The lowest BCUT2D eigenvalue weighted by molar-refractivity contribution is -0.384. The summed E-state index contributed by atoms with van der Waals surface area (Å²) >= 11 is 6.09. The van der Waals surface area contributed by atoms with Crippen molar-refractivity contribution in [3.63, 3.8) is 0 Å². The van der Waals surface area contributed by atoms with E-state index in [9.17, 15) is 23.3 Å². The minimum atomic E-state index is -3.77. The number of nitro benzene ring substituents is 1.